The van der Waals surface area contributed by atoms with Gasteiger partial charge in [0.05, 0.1) is 26.9 Å². The molecule has 2 heterocycles. The van der Waals surface area contributed by atoms with Crippen LogP contribution in [0, 0.1) is 6.92 Å². The lowest BCUT2D eigenvalue weighted by Crippen LogP contribution is -2.39. The van der Waals surface area contributed by atoms with Gasteiger partial charge in [0.15, 0.2) is 23.0 Å². The van der Waals surface area contributed by atoms with E-state index in [1.165, 1.54) is 11.1 Å². The number of carbonyl (C=O) groups is 1. The summed E-state index contributed by atoms with van der Waals surface area (Å²) in [6, 6.07) is 15.9. The van der Waals surface area contributed by atoms with Crippen LogP contribution < -0.4 is 18.9 Å². The van der Waals surface area contributed by atoms with E-state index in [2.05, 4.69) is 23.1 Å². The molecule has 1 atom stereocenters. The molecule has 0 spiro atoms. The average Bonchev–Trinajstić information content (AvgIpc) is 2.86. The molecule has 34 heavy (non-hydrogen) atoms. The smallest absolute Gasteiger partial charge is 0.343 e. The number of carbonyl (C=O) groups excluding carboxylic acids is 1. The Morgan fingerprint density at radius 2 is 1.68 bits per heavy atom. The van der Waals surface area contributed by atoms with Crippen LogP contribution in [0.15, 0.2) is 48.5 Å². The van der Waals surface area contributed by atoms with Gasteiger partial charge in [-0.2, -0.15) is 0 Å². The van der Waals surface area contributed by atoms with Crippen LogP contribution >= 0.6 is 0 Å². The Kier molecular flexibility index (Phi) is 5.92. The number of hydrogen-bond donors (Lipinski definition) is 0. The van der Waals surface area contributed by atoms with Gasteiger partial charge in [0.2, 0.25) is 0 Å². The summed E-state index contributed by atoms with van der Waals surface area (Å²) in [7, 11) is 4.94. The second-order valence-electron chi connectivity index (χ2n) is 8.84. The predicted octanol–water partition coefficient (Wildman–Crippen LogP) is 4.90. The zero-order valence-electron chi connectivity index (χ0n) is 20.0. The third kappa shape index (κ3) is 3.88. The van der Waals surface area contributed by atoms with Gasteiger partial charge in [0.1, 0.15) is 0 Å². The number of esters is 1. The highest BCUT2D eigenvalue weighted by atomic mass is 16.6. The second-order valence-corrected chi connectivity index (χ2v) is 8.84. The van der Waals surface area contributed by atoms with Crippen molar-refractivity contribution in [1.29, 1.82) is 0 Å². The molecule has 2 aliphatic heterocycles. The van der Waals surface area contributed by atoms with Crippen molar-refractivity contribution in [3.63, 3.8) is 0 Å². The maximum atomic E-state index is 13.0. The minimum atomic E-state index is -0.377. The third-order valence-corrected chi connectivity index (χ3v) is 6.88. The van der Waals surface area contributed by atoms with E-state index in [0.29, 0.717) is 23.6 Å². The Balaban J connectivity index is 1.51. The van der Waals surface area contributed by atoms with Crippen molar-refractivity contribution < 1.29 is 23.7 Å². The van der Waals surface area contributed by atoms with Gasteiger partial charge >= 0.3 is 5.97 Å². The maximum absolute atomic E-state index is 13.0. The van der Waals surface area contributed by atoms with Gasteiger partial charge < -0.3 is 18.9 Å². The largest absolute Gasteiger partial charge is 0.493 e. The predicted molar refractivity (Wildman–Crippen MR) is 129 cm³/mol. The van der Waals surface area contributed by atoms with Crippen molar-refractivity contribution in [1.82, 2.24) is 4.90 Å². The summed E-state index contributed by atoms with van der Waals surface area (Å²) >= 11 is 0. The lowest BCUT2D eigenvalue weighted by atomic mass is 9.83. The van der Waals surface area contributed by atoms with Crippen LogP contribution in [0.4, 0.5) is 0 Å². The number of nitrogens with zero attached hydrogens (tertiary/aromatic N) is 1. The Labute approximate surface area is 200 Å². The molecule has 176 valence electrons. The van der Waals surface area contributed by atoms with Crippen LogP contribution in [-0.2, 0) is 19.4 Å². The van der Waals surface area contributed by atoms with Crippen LogP contribution in [0.1, 0.15) is 44.2 Å². The van der Waals surface area contributed by atoms with E-state index in [4.69, 9.17) is 18.9 Å². The monoisotopic (exact) mass is 459 g/mol. The molecule has 0 N–H and O–H groups in total. The van der Waals surface area contributed by atoms with E-state index in [1.807, 2.05) is 31.2 Å². The summed E-state index contributed by atoms with van der Waals surface area (Å²) in [5, 5.41) is 0. The van der Waals surface area contributed by atoms with E-state index in [0.717, 1.165) is 47.6 Å². The number of fused-ring (bicyclic) bond motifs is 4. The molecule has 3 aromatic carbocycles. The zero-order valence-corrected chi connectivity index (χ0v) is 20.0. The molecule has 0 amide bonds. The number of hydrogen-bond acceptors (Lipinski definition) is 6. The standard InChI is InChI=1S/C28H29NO5/c1-17-6-5-7-20(12-17)28(30)34-27-22-16-29-11-10-19-14-25(32-3)26(33-4)15-21(19)23(29)13-18(22)8-9-24(27)31-2/h5-9,12,14-15,23H,10-11,13,16H2,1-4H3. The molecule has 1 unspecified atom stereocenters. The molecule has 6 heteroatoms. The summed E-state index contributed by atoms with van der Waals surface area (Å²) in [6.45, 7) is 3.55. The lowest BCUT2D eigenvalue weighted by molar-refractivity contribution is 0.0722. The van der Waals surface area contributed by atoms with Gasteiger partial charge in [-0.25, -0.2) is 4.79 Å². The first-order chi connectivity index (χ1) is 16.5. The van der Waals surface area contributed by atoms with Crippen LogP contribution in [0.3, 0.4) is 0 Å². The quantitative estimate of drug-likeness (QED) is 0.400. The number of methoxy groups -OCH3 is 3. The molecule has 6 nitrogen and oxygen atoms in total. The zero-order chi connectivity index (χ0) is 23.8. The van der Waals surface area contributed by atoms with E-state index in [1.54, 1.807) is 27.4 Å². The van der Waals surface area contributed by atoms with E-state index in [-0.39, 0.29) is 12.0 Å². The topological polar surface area (TPSA) is 57.2 Å². The van der Waals surface area contributed by atoms with Gasteiger partial charge in [-0.3, -0.25) is 4.90 Å². The van der Waals surface area contributed by atoms with Crippen LogP contribution in [0.5, 0.6) is 23.0 Å². The summed E-state index contributed by atoms with van der Waals surface area (Å²) in [4.78, 5) is 15.4. The van der Waals surface area contributed by atoms with Crippen molar-refractivity contribution in [3.05, 3.63) is 81.9 Å². The number of rotatable bonds is 5. The number of ether oxygens (including phenoxy) is 4. The molecule has 0 bridgehead atoms. The molecule has 0 saturated carbocycles. The summed E-state index contributed by atoms with van der Waals surface area (Å²) in [5.74, 6) is 2.22. The minimum Gasteiger partial charge on any atom is -0.493 e. The van der Waals surface area contributed by atoms with Crippen molar-refractivity contribution in [2.45, 2.75) is 32.4 Å². The second kappa shape index (κ2) is 9.03. The van der Waals surface area contributed by atoms with E-state index >= 15 is 0 Å². The highest BCUT2D eigenvalue weighted by molar-refractivity contribution is 5.91. The fraction of sp³-hybridized carbons (Fsp3) is 0.321. The van der Waals surface area contributed by atoms with Crippen LogP contribution in [-0.4, -0.2) is 38.7 Å². The van der Waals surface area contributed by atoms with Gasteiger partial charge in [-0.05, 0) is 66.8 Å². The van der Waals surface area contributed by atoms with Gasteiger partial charge in [-0.1, -0.05) is 23.8 Å². The molecule has 0 aromatic heterocycles. The van der Waals surface area contributed by atoms with Crippen molar-refractivity contribution in [2.24, 2.45) is 0 Å². The maximum Gasteiger partial charge on any atom is 0.343 e. The normalized spacial score (nSPS) is 16.6. The Morgan fingerprint density at radius 3 is 2.41 bits per heavy atom. The Morgan fingerprint density at radius 1 is 0.912 bits per heavy atom. The molecule has 3 aromatic rings. The average molecular weight is 460 g/mol. The first kappa shape index (κ1) is 22.3. The number of benzene rings is 3. The number of aryl methyl sites for hydroxylation is 1. The fourth-order valence-corrected chi connectivity index (χ4v) is 5.13. The minimum absolute atomic E-state index is 0.227. The SMILES string of the molecule is COc1cc2c(cc1OC)C1Cc3ccc(OC)c(OC(=O)c4cccc(C)c4)c3CN1CC2. The van der Waals surface area contributed by atoms with Crippen LogP contribution in [0.2, 0.25) is 0 Å². The summed E-state index contributed by atoms with van der Waals surface area (Å²) in [6.07, 6.45) is 1.74. The fourth-order valence-electron chi connectivity index (χ4n) is 5.13. The van der Waals surface area contributed by atoms with E-state index in [9.17, 15) is 4.79 Å². The molecule has 0 fully saturated rings. The van der Waals surface area contributed by atoms with Crippen LogP contribution in [0.25, 0.3) is 0 Å². The molecule has 5 rings (SSSR count). The van der Waals surface area contributed by atoms with Gasteiger partial charge in [0, 0.05) is 24.7 Å². The van der Waals surface area contributed by atoms with E-state index < -0.39 is 0 Å². The Bertz CT molecular complexity index is 1250. The van der Waals surface area contributed by atoms with Crippen molar-refractivity contribution >= 4 is 5.97 Å². The lowest BCUT2D eigenvalue weighted by Gasteiger charge is -2.42. The Hall–Kier alpha value is -3.51. The summed E-state index contributed by atoms with van der Waals surface area (Å²) in [5.41, 5.74) is 6.28. The first-order valence-electron chi connectivity index (χ1n) is 11.5. The third-order valence-electron chi connectivity index (χ3n) is 6.88. The molecular weight excluding hydrogens is 430 g/mol. The molecule has 0 aliphatic carbocycles. The van der Waals surface area contributed by atoms with Gasteiger partial charge in [0.25, 0.3) is 0 Å². The molecule has 2 aliphatic rings. The van der Waals surface area contributed by atoms with Gasteiger partial charge in [-0.15, -0.1) is 0 Å². The highest BCUT2D eigenvalue weighted by Gasteiger charge is 2.35. The van der Waals surface area contributed by atoms with Crippen molar-refractivity contribution in [3.8, 4) is 23.0 Å². The summed E-state index contributed by atoms with van der Waals surface area (Å²) < 4.78 is 22.7. The first-order valence-corrected chi connectivity index (χ1v) is 11.5. The highest BCUT2D eigenvalue weighted by Crippen LogP contribution is 2.46. The molecular formula is C28H29NO5. The molecule has 0 radical (unpaired) electrons. The van der Waals surface area contributed by atoms with Crippen molar-refractivity contribution in [2.75, 3.05) is 27.9 Å². The molecule has 0 saturated heterocycles.